The van der Waals surface area contributed by atoms with Gasteiger partial charge >= 0.3 is 0 Å². The molecule has 18 heavy (non-hydrogen) atoms. The van der Waals surface area contributed by atoms with Crippen LogP contribution in [0.2, 0.25) is 0 Å². The van der Waals surface area contributed by atoms with Gasteiger partial charge in [0.05, 0.1) is 23.7 Å². The number of Topliss-reactive ketones (excluding diaryl/α,β-unsaturated/α-hetero) is 1. The van der Waals surface area contributed by atoms with Gasteiger partial charge in [0.2, 0.25) is 0 Å². The maximum absolute atomic E-state index is 12.0. The summed E-state index contributed by atoms with van der Waals surface area (Å²) in [5, 5.41) is 2.92. The molecule has 0 fully saturated rings. The molecular formula is C14H15NO2S. The van der Waals surface area contributed by atoms with Crippen molar-refractivity contribution in [1.29, 1.82) is 0 Å². The molecule has 1 heterocycles. The van der Waals surface area contributed by atoms with Gasteiger partial charge in [-0.25, -0.2) is 4.98 Å². The van der Waals surface area contributed by atoms with Crippen LogP contribution < -0.4 is 4.74 Å². The number of ketones is 1. The molecule has 0 aliphatic heterocycles. The van der Waals surface area contributed by atoms with E-state index in [9.17, 15) is 4.79 Å². The first-order valence-electron chi connectivity index (χ1n) is 5.86. The molecule has 0 saturated heterocycles. The molecule has 2 aromatic rings. The number of carbonyl (C=O) groups excluding carboxylic acids is 1. The maximum atomic E-state index is 12.0. The van der Waals surface area contributed by atoms with Gasteiger partial charge < -0.3 is 4.74 Å². The number of aryl methyl sites for hydroxylation is 1. The van der Waals surface area contributed by atoms with Crippen molar-refractivity contribution in [2.24, 2.45) is 0 Å². The normalized spacial score (nSPS) is 10.3. The van der Waals surface area contributed by atoms with Crippen molar-refractivity contribution in [2.75, 3.05) is 6.61 Å². The van der Waals surface area contributed by atoms with Crippen molar-refractivity contribution < 1.29 is 9.53 Å². The van der Waals surface area contributed by atoms with Gasteiger partial charge in [-0.15, -0.1) is 11.3 Å². The third kappa shape index (κ3) is 3.17. The quantitative estimate of drug-likeness (QED) is 0.775. The largest absolute Gasteiger partial charge is 0.494 e. The van der Waals surface area contributed by atoms with Crippen LogP contribution in [0.25, 0.3) is 0 Å². The summed E-state index contributed by atoms with van der Waals surface area (Å²) >= 11 is 1.57. The molecule has 4 heteroatoms. The fourth-order valence-electron chi connectivity index (χ4n) is 1.66. The average molecular weight is 261 g/mol. The van der Waals surface area contributed by atoms with Crippen LogP contribution in [0, 0.1) is 6.92 Å². The molecule has 0 aliphatic rings. The summed E-state index contributed by atoms with van der Waals surface area (Å²) in [7, 11) is 0. The van der Waals surface area contributed by atoms with Gasteiger partial charge in [0.15, 0.2) is 5.78 Å². The van der Waals surface area contributed by atoms with E-state index in [0.29, 0.717) is 18.6 Å². The van der Waals surface area contributed by atoms with E-state index in [1.165, 1.54) is 0 Å². The second-order valence-electron chi connectivity index (χ2n) is 3.92. The van der Waals surface area contributed by atoms with Crippen LogP contribution in [0.3, 0.4) is 0 Å². The lowest BCUT2D eigenvalue weighted by atomic mass is 10.1. The zero-order valence-electron chi connectivity index (χ0n) is 10.5. The van der Waals surface area contributed by atoms with E-state index in [2.05, 4.69) is 4.98 Å². The molecule has 0 atom stereocenters. The maximum Gasteiger partial charge on any atom is 0.168 e. The van der Waals surface area contributed by atoms with Crippen molar-refractivity contribution in [3.8, 4) is 5.75 Å². The lowest BCUT2D eigenvalue weighted by Gasteiger charge is -2.03. The van der Waals surface area contributed by atoms with E-state index >= 15 is 0 Å². The summed E-state index contributed by atoms with van der Waals surface area (Å²) < 4.78 is 5.34. The molecule has 0 aliphatic carbocycles. The molecule has 94 valence electrons. The molecule has 0 bridgehead atoms. The number of benzene rings is 1. The van der Waals surface area contributed by atoms with E-state index < -0.39 is 0 Å². The van der Waals surface area contributed by atoms with Crippen LogP contribution in [0.1, 0.15) is 28.0 Å². The van der Waals surface area contributed by atoms with Gasteiger partial charge in [0, 0.05) is 10.9 Å². The topological polar surface area (TPSA) is 39.2 Å². The molecule has 2 rings (SSSR count). The average Bonchev–Trinajstić information content (AvgIpc) is 2.76. The fraction of sp³-hybridized carbons (Fsp3) is 0.286. The van der Waals surface area contributed by atoms with Crippen LogP contribution in [0.15, 0.2) is 29.6 Å². The SMILES string of the molecule is CCOc1ccc(C(=O)Cc2csc(C)n2)cc1. The molecule has 3 nitrogen and oxygen atoms in total. The Hall–Kier alpha value is -1.68. The first-order valence-corrected chi connectivity index (χ1v) is 6.74. The third-order valence-electron chi connectivity index (χ3n) is 2.50. The summed E-state index contributed by atoms with van der Waals surface area (Å²) in [6.07, 6.45) is 0.359. The predicted molar refractivity (Wildman–Crippen MR) is 72.5 cm³/mol. The predicted octanol–water partition coefficient (Wildman–Crippen LogP) is 3.28. The Labute approximate surface area is 110 Å². The molecule has 0 spiro atoms. The second-order valence-corrected chi connectivity index (χ2v) is 4.98. The fourth-order valence-corrected chi connectivity index (χ4v) is 2.27. The van der Waals surface area contributed by atoms with Crippen LogP contribution in [-0.4, -0.2) is 17.4 Å². The Morgan fingerprint density at radius 1 is 1.33 bits per heavy atom. The number of carbonyl (C=O) groups is 1. The highest BCUT2D eigenvalue weighted by molar-refractivity contribution is 7.09. The number of nitrogens with zero attached hydrogens (tertiary/aromatic N) is 1. The van der Waals surface area contributed by atoms with Crippen LogP contribution in [0.5, 0.6) is 5.75 Å². The van der Waals surface area contributed by atoms with E-state index in [4.69, 9.17) is 4.74 Å². The molecule has 1 aromatic carbocycles. The number of rotatable bonds is 5. The lowest BCUT2D eigenvalue weighted by Crippen LogP contribution is -2.04. The highest BCUT2D eigenvalue weighted by atomic mass is 32.1. The molecule has 1 aromatic heterocycles. The Balaban J connectivity index is 2.04. The van der Waals surface area contributed by atoms with Crippen LogP contribution >= 0.6 is 11.3 Å². The minimum absolute atomic E-state index is 0.0864. The number of hydrogen-bond donors (Lipinski definition) is 0. The Kier molecular flexibility index (Phi) is 4.10. The van der Waals surface area contributed by atoms with Crippen molar-refractivity contribution in [2.45, 2.75) is 20.3 Å². The van der Waals surface area contributed by atoms with Crippen LogP contribution in [0.4, 0.5) is 0 Å². The van der Waals surface area contributed by atoms with Crippen molar-refractivity contribution in [3.63, 3.8) is 0 Å². The van der Waals surface area contributed by atoms with E-state index in [1.807, 2.05) is 31.4 Å². The molecular weight excluding hydrogens is 246 g/mol. The summed E-state index contributed by atoms with van der Waals surface area (Å²) in [6.45, 7) is 4.50. The Morgan fingerprint density at radius 2 is 2.06 bits per heavy atom. The smallest absolute Gasteiger partial charge is 0.168 e. The van der Waals surface area contributed by atoms with Crippen molar-refractivity contribution in [3.05, 3.63) is 45.9 Å². The van der Waals surface area contributed by atoms with Gasteiger partial charge in [-0.1, -0.05) is 0 Å². The van der Waals surface area contributed by atoms with Gasteiger partial charge in [-0.2, -0.15) is 0 Å². The molecule has 0 amide bonds. The summed E-state index contributed by atoms with van der Waals surface area (Å²) in [4.78, 5) is 16.3. The summed E-state index contributed by atoms with van der Waals surface area (Å²) in [6, 6.07) is 7.24. The monoisotopic (exact) mass is 261 g/mol. The molecule has 0 radical (unpaired) electrons. The standard InChI is InChI=1S/C14H15NO2S/c1-3-17-13-6-4-11(5-7-13)14(16)8-12-9-18-10(2)15-12/h4-7,9H,3,8H2,1-2H3. The minimum atomic E-state index is 0.0864. The zero-order chi connectivity index (χ0) is 13.0. The van der Waals surface area contributed by atoms with Crippen molar-refractivity contribution >= 4 is 17.1 Å². The van der Waals surface area contributed by atoms with Gasteiger partial charge in [0.25, 0.3) is 0 Å². The lowest BCUT2D eigenvalue weighted by molar-refractivity contribution is 0.0992. The Bertz CT molecular complexity index is 531. The summed E-state index contributed by atoms with van der Waals surface area (Å²) in [5.41, 5.74) is 1.54. The first-order chi connectivity index (χ1) is 8.69. The number of ether oxygens (including phenoxy) is 1. The first kappa shape index (κ1) is 12.8. The second kappa shape index (κ2) is 5.78. The van der Waals surface area contributed by atoms with Gasteiger partial charge in [-0.3, -0.25) is 4.79 Å². The molecule has 0 unspecified atom stereocenters. The number of thiazole rings is 1. The van der Waals surface area contributed by atoms with E-state index in [1.54, 1.807) is 23.5 Å². The Morgan fingerprint density at radius 3 is 2.61 bits per heavy atom. The molecule has 0 N–H and O–H groups in total. The highest BCUT2D eigenvalue weighted by Gasteiger charge is 2.09. The van der Waals surface area contributed by atoms with Gasteiger partial charge in [-0.05, 0) is 38.1 Å². The van der Waals surface area contributed by atoms with Crippen LogP contribution in [-0.2, 0) is 6.42 Å². The number of hydrogen-bond acceptors (Lipinski definition) is 4. The minimum Gasteiger partial charge on any atom is -0.494 e. The third-order valence-corrected chi connectivity index (χ3v) is 3.32. The number of aromatic nitrogens is 1. The van der Waals surface area contributed by atoms with E-state index in [-0.39, 0.29) is 5.78 Å². The summed E-state index contributed by atoms with van der Waals surface area (Å²) in [5.74, 6) is 0.877. The highest BCUT2D eigenvalue weighted by Crippen LogP contribution is 2.15. The molecule has 0 saturated carbocycles. The van der Waals surface area contributed by atoms with E-state index in [0.717, 1.165) is 16.5 Å². The van der Waals surface area contributed by atoms with Crippen molar-refractivity contribution in [1.82, 2.24) is 4.98 Å². The van der Waals surface area contributed by atoms with Gasteiger partial charge in [0.1, 0.15) is 5.75 Å². The zero-order valence-corrected chi connectivity index (χ0v) is 11.3.